The minimum absolute atomic E-state index is 0.0264. The van der Waals surface area contributed by atoms with Gasteiger partial charge in [-0.15, -0.1) is 0 Å². The minimum atomic E-state index is -3.51. The van der Waals surface area contributed by atoms with Crippen LogP contribution in [-0.2, 0) is 57.1 Å². The molecule has 1 amide bonds. The fourth-order valence-corrected chi connectivity index (χ4v) is 10.7. The lowest BCUT2D eigenvalue weighted by Crippen LogP contribution is -2.61. The molecule has 71 heavy (non-hydrogen) atoms. The number of Topliss-reactive ketones (excluding diaryl/α,β-unsaturated/α-hetero) is 3. The fraction of sp³-hybridized carbons (Fsp3) is 0.764. The SMILES string of the molecule is [2H]C([2H])(O)C([2H])([2H])O[C@@H]1/C(C)=C/[C@@H](C)C(=O)C[C@@H]([C@H](C)C[C@@H]2CC[C@@H](OCCO)[C@H](OC)C2)OC(=O)[C@@H]2CCCCN2C(=O)C(=O)[C@]2(O)O[C@@H](CC[C@H]2C)C[C@H](OC)/C(C)=C/C=C/C=C/[C@@H](C)C[C@@H](C)C(=O)[C@@H]1OC. The van der Waals surface area contributed by atoms with Crippen LogP contribution in [-0.4, -0.2) is 158 Å². The monoisotopic (exact) mass is 1010 g/mol. The molecule has 0 aromatic rings. The first-order chi connectivity index (χ1) is 35.2. The minimum Gasteiger partial charge on any atom is -0.460 e. The van der Waals surface area contributed by atoms with Crippen molar-refractivity contribution in [1.29, 1.82) is 0 Å². The Morgan fingerprint density at radius 3 is 2.27 bits per heavy atom. The van der Waals surface area contributed by atoms with Gasteiger partial charge in [0, 0.05) is 58.5 Å². The van der Waals surface area contributed by atoms with Crippen LogP contribution in [0.1, 0.15) is 131 Å². The maximum Gasteiger partial charge on any atom is 0.329 e. The maximum absolute atomic E-state index is 14.6. The van der Waals surface area contributed by atoms with E-state index in [0.717, 1.165) is 16.9 Å². The fourth-order valence-electron chi connectivity index (χ4n) is 10.7. The van der Waals surface area contributed by atoms with Crippen molar-refractivity contribution < 1.29 is 77.9 Å². The van der Waals surface area contributed by atoms with E-state index >= 15 is 0 Å². The highest BCUT2D eigenvalue weighted by molar-refractivity contribution is 6.39. The van der Waals surface area contributed by atoms with Gasteiger partial charge in [-0.05, 0) is 107 Å². The summed E-state index contributed by atoms with van der Waals surface area (Å²) < 4.78 is 73.7. The van der Waals surface area contributed by atoms with E-state index in [1.807, 2.05) is 51.2 Å². The predicted molar refractivity (Wildman–Crippen MR) is 267 cm³/mol. The van der Waals surface area contributed by atoms with Crippen LogP contribution in [0.2, 0.25) is 0 Å². The Hall–Kier alpha value is -3.45. The van der Waals surface area contributed by atoms with Gasteiger partial charge in [0.1, 0.15) is 30.1 Å². The van der Waals surface area contributed by atoms with Gasteiger partial charge in [0.25, 0.3) is 11.7 Å². The van der Waals surface area contributed by atoms with E-state index in [9.17, 15) is 39.3 Å². The zero-order chi connectivity index (χ0) is 56.0. The van der Waals surface area contributed by atoms with Gasteiger partial charge in [0.05, 0.1) is 56.2 Å². The summed E-state index contributed by atoms with van der Waals surface area (Å²) in [6.07, 6.45) is 9.60. The molecule has 4 rings (SSSR count). The number of carbonyl (C=O) groups excluding carboxylic acids is 5. The number of carbonyl (C=O) groups is 5. The van der Waals surface area contributed by atoms with Crippen LogP contribution in [0.5, 0.6) is 0 Å². The third-order valence-corrected chi connectivity index (χ3v) is 15.1. The molecule has 3 N–H and O–H groups in total. The highest BCUT2D eigenvalue weighted by Gasteiger charge is 2.53. The number of rotatable bonds is 12. The number of fused-ring (bicyclic) bond motifs is 3. The quantitative estimate of drug-likeness (QED) is 0.113. The van der Waals surface area contributed by atoms with Crippen LogP contribution in [0.25, 0.3) is 0 Å². The summed E-state index contributed by atoms with van der Waals surface area (Å²) >= 11 is 0. The topological polar surface area (TPSA) is 214 Å². The molecular formula is C55H87NO15. The number of amides is 1. The highest BCUT2D eigenvalue weighted by atomic mass is 16.6. The van der Waals surface area contributed by atoms with Gasteiger partial charge in [0.15, 0.2) is 5.78 Å². The number of aliphatic hydroxyl groups excluding tert-OH is 1. The van der Waals surface area contributed by atoms with Gasteiger partial charge >= 0.3 is 5.97 Å². The average Bonchev–Trinajstić information content (AvgIpc) is 3.36. The number of allylic oxidation sites excluding steroid dienone is 6. The Labute approximate surface area is 428 Å². The lowest BCUT2D eigenvalue weighted by molar-refractivity contribution is -0.265. The largest absolute Gasteiger partial charge is 0.460 e. The van der Waals surface area contributed by atoms with E-state index < -0.39 is 108 Å². The number of esters is 1. The molecule has 16 heteroatoms. The normalized spacial score (nSPS) is 39.3. The number of nitrogens with zero attached hydrogens (tertiary/aromatic N) is 1. The molecule has 3 aliphatic heterocycles. The molecular weight excluding hydrogens is 915 g/mol. The molecule has 1 aliphatic carbocycles. The van der Waals surface area contributed by atoms with Crippen molar-refractivity contribution in [2.45, 2.75) is 180 Å². The number of piperidine rings is 1. The molecule has 3 fully saturated rings. The van der Waals surface area contributed by atoms with Crippen LogP contribution in [0.15, 0.2) is 47.6 Å². The Kier molecular flexibility index (Phi) is 22.3. The first-order valence-corrected chi connectivity index (χ1v) is 25.7. The number of hydrogen-bond donors (Lipinski definition) is 3. The number of ether oxygens (including phenoxy) is 7. The number of hydrogen-bond acceptors (Lipinski definition) is 15. The molecule has 0 spiro atoms. The number of ketones is 3. The lowest BCUT2D eigenvalue weighted by Gasteiger charge is -2.42. The number of methoxy groups -OCH3 is 3. The van der Waals surface area contributed by atoms with E-state index in [4.69, 9.17) is 38.6 Å². The molecule has 4 aliphatic rings. The van der Waals surface area contributed by atoms with Crippen molar-refractivity contribution in [3.63, 3.8) is 0 Å². The molecule has 402 valence electrons. The lowest BCUT2D eigenvalue weighted by atomic mass is 9.78. The van der Waals surface area contributed by atoms with Crippen molar-refractivity contribution in [3.05, 3.63) is 47.6 Å². The van der Waals surface area contributed by atoms with Crippen LogP contribution in [0.3, 0.4) is 0 Å². The van der Waals surface area contributed by atoms with Crippen molar-refractivity contribution in [1.82, 2.24) is 4.90 Å². The molecule has 15 atom stereocenters. The summed E-state index contributed by atoms with van der Waals surface area (Å²) in [6, 6.07) is -1.23. The second kappa shape index (κ2) is 29.4. The van der Waals surface area contributed by atoms with Gasteiger partial charge < -0.3 is 53.4 Å². The summed E-state index contributed by atoms with van der Waals surface area (Å²) in [4.78, 5) is 73.2. The van der Waals surface area contributed by atoms with Crippen LogP contribution < -0.4 is 0 Å². The zero-order valence-corrected chi connectivity index (χ0v) is 43.8. The van der Waals surface area contributed by atoms with Crippen LogP contribution in [0, 0.1) is 35.5 Å². The van der Waals surface area contributed by atoms with Crippen LogP contribution >= 0.6 is 0 Å². The van der Waals surface area contributed by atoms with Crippen molar-refractivity contribution in [3.8, 4) is 0 Å². The molecule has 2 bridgehead atoms. The Balaban J connectivity index is 1.79. The first-order valence-electron chi connectivity index (χ1n) is 27.7. The first kappa shape index (κ1) is 53.8. The van der Waals surface area contributed by atoms with Crippen molar-refractivity contribution in [2.24, 2.45) is 35.5 Å². The Morgan fingerprint density at radius 1 is 0.845 bits per heavy atom. The second-order valence-corrected chi connectivity index (χ2v) is 20.5. The number of aliphatic hydroxyl groups is 3. The maximum atomic E-state index is 14.6. The van der Waals surface area contributed by atoms with Gasteiger partial charge in [-0.2, -0.15) is 0 Å². The standard InChI is InChI=1S/C55H87NO15/c1-34-16-12-11-13-17-35(2)46(65-8)32-42-21-19-40(7)55(64,71-42)52(61)53(62)56-23-15-14-18-43(56)54(63)70-47(37(4)30-41-20-22-45(68-26-24-57)48(31-41)66-9)33-44(59)36(3)29-39(6)50(69-27-25-58)51(67-10)49(60)38(5)28-34/h11-13,16-17,29,34,36-38,40-43,45-48,50-51,57-58,64H,14-15,18-28,30-33H2,1-10H3/b13-11+,16-12+,35-17+,39-29+/t34-,36-,37-,38-,40-,41+,42+,43+,45-,46+,47+,48-,50-,51+,55-/m1/s1/i25D2,27D2. The summed E-state index contributed by atoms with van der Waals surface area (Å²) in [7, 11) is 4.37. The summed E-state index contributed by atoms with van der Waals surface area (Å²) in [5.74, 6) is -9.44. The summed E-state index contributed by atoms with van der Waals surface area (Å²) in [5.41, 5.74) is 0.959. The third kappa shape index (κ3) is 16.8. The molecule has 16 nitrogen and oxygen atoms in total. The molecule has 0 aromatic heterocycles. The number of cyclic esters (lactones) is 1. The van der Waals surface area contributed by atoms with Gasteiger partial charge in [0.2, 0.25) is 5.79 Å². The summed E-state index contributed by atoms with van der Waals surface area (Å²) in [6.45, 7) is 5.25. The van der Waals surface area contributed by atoms with E-state index in [1.165, 1.54) is 20.1 Å². The van der Waals surface area contributed by atoms with Crippen molar-refractivity contribution in [2.75, 3.05) is 54.2 Å². The zero-order valence-electron chi connectivity index (χ0n) is 47.8. The Morgan fingerprint density at radius 2 is 1.59 bits per heavy atom. The predicted octanol–water partition coefficient (Wildman–Crippen LogP) is 6.21. The molecule has 1 saturated carbocycles. The van der Waals surface area contributed by atoms with E-state index in [2.05, 4.69) is 0 Å². The second-order valence-electron chi connectivity index (χ2n) is 20.5. The highest BCUT2D eigenvalue weighted by Crippen LogP contribution is 2.38. The smallest absolute Gasteiger partial charge is 0.329 e. The third-order valence-electron chi connectivity index (χ3n) is 15.1. The van der Waals surface area contributed by atoms with E-state index in [1.54, 1.807) is 35.0 Å². The molecule has 2 saturated heterocycles. The van der Waals surface area contributed by atoms with Crippen molar-refractivity contribution >= 4 is 29.2 Å². The molecule has 0 unspecified atom stereocenters. The Bertz CT molecular complexity index is 2040. The molecule has 0 radical (unpaired) electrons. The summed E-state index contributed by atoms with van der Waals surface area (Å²) in [5, 5.41) is 31.6. The van der Waals surface area contributed by atoms with E-state index in [-0.39, 0.29) is 68.6 Å². The molecule has 0 aromatic carbocycles. The van der Waals surface area contributed by atoms with Gasteiger partial charge in [-0.3, -0.25) is 19.2 Å². The van der Waals surface area contributed by atoms with Gasteiger partial charge in [-0.25, -0.2) is 4.79 Å². The van der Waals surface area contributed by atoms with E-state index in [0.29, 0.717) is 51.4 Å². The van der Waals surface area contributed by atoms with Gasteiger partial charge in [-0.1, -0.05) is 71.1 Å². The van der Waals surface area contributed by atoms with Crippen LogP contribution in [0.4, 0.5) is 0 Å². The average molecular weight is 1010 g/mol. The molecule has 3 heterocycles.